The van der Waals surface area contributed by atoms with Crippen molar-refractivity contribution in [3.63, 3.8) is 0 Å². The first-order valence-electron chi connectivity index (χ1n) is 6.99. The minimum Gasteiger partial charge on any atom is -0.397 e. The van der Waals surface area contributed by atoms with Gasteiger partial charge in [-0.1, -0.05) is 29.4 Å². The molecule has 2 aromatic heterocycles. The van der Waals surface area contributed by atoms with Crippen LogP contribution in [0.15, 0.2) is 34.2 Å². The average molecular weight is 297 g/mol. The van der Waals surface area contributed by atoms with Gasteiger partial charge in [0.1, 0.15) is 4.88 Å². The van der Waals surface area contributed by atoms with Gasteiger partial charge in [-0.15, -0.1) is 11.3 Å². The van der Waals surface area contributed by atoms with Crippen LogP contribution in [0.4, 0.5) is 5.69 Å². The Morgan fingerprint density at radius 1 is 1.33 bits per heavy atom. The number of aromatic nitrogens is 2. The normalized spacial score (nSPS) is 17.1. The molecule has 3 aromatic rings. The molecule has 0 saturated carbocycles. The molecule has 1 aliphatic rings. The Labute approximate surface area is 126 Å². The van der Waals surface area contributed by atoms with Crippen LogP contribution in [0.3, 0.4) is 0 Å². The second kappa shape index (κ2) is 4.70. The Morgan fingerprint density at radius 2 is 2.19 bits per heavy atom. The Morgan fingerprint density at radius 3 is 3.00 bits per heavy atom. The Kier molecular flexibility index (Phi) is 2.82. The molecule has 5 heteroatoms. The first-order valence-corrected chi connectivity index (χ1v) is 7.87. The van der Waals surface area contributed by atoms with Crippen molar-refractivity contribution in [3.8, 4) is 10.8 Å². The van der Waals surface area contributed by atoms with E-state index in [1.807, 2.05) is 12.3 Å². The molecule has 21 heavy (non-hydrogen) atoms. The first-order chi connectivity index (χ1) is 10.2. The van der Waals surface area contributed by atoms with E-state index in [2.05, 4.69) is 34.4 Å². The number of hydrogen-bond donors (Lipinski definition) is 1. The molecule has 0 saturated heterocycles. The van der Waals surface area contributed by atoms with Gasteiger partial charge in [0.25, 0.3) is 5.89 Å². The van der Waals surface area contributed by atoms with E-state index < -0.39 is 0 Å². The highest BCUT2D eigenvalue weighted by atomic mass is 32.1. The molecule has 0 bridgehead atoms. The van der Waals surface area contributed by atoms with E-state index in [-0.39, 0.29) is 5.92 Å². The maximum Gasteiger partial charge on any atom is 0.270 e. The van der Waals surface area contributed by atoms with Crippen LogP contribution in [-0.4, -0.2) is 10.1 Å². The number of rotatable bonds is 2. The summed E-state index contributed by atoms with van der Waals surface area (Å²) in [6.07, 6.45) is 2.11. The quantitative estimate of drug-likeness (QED) is 0.782. The van der Waals surface area contributed by atoms with Crippen molar-refractivity contribution in [1.29, 1.82) is 0 Å². The highest BCUT2D eigenvalue weighted by molar-refractivity contribution is 7.14. The summed E-state index contributed by atoms with van der Waals surface area (Å²) >= 11 is 1.55. The van der Waals surface area contributed by atoms with Crippen LogP contribution in [0.2, 0.25) is 0 Å². The second-order valence-electron chi connectivity index (χ2n) is 5.41. The first kappa shape index (κ1) is 12.6. The highest BCUT2D eigenvalue weighted by Gasteiger charge is 2.28. The maximum atomic E-state index is 6.06. The number of aryl methyl sites for hydroxylation is 2. The van der Waals surface area contributed by atoms with Crippen molar-refractivity contribution < 1.29 is 4.52 Å². The largest absolute Gasteiger partial charge is 0.397 e. The van der Waals surface area contributed by atoms with Crippen LogP contribution in [0, 0.1) is 6.92 Å². The lowest BCUT2D eigenvalue weighted by Gasteiger charge is -2.05. The van der Waals surface area contributed by atoms with E-state index >= 15 is 0 Å². The Hall–Kier alpha value is -2.14. The number of benzene rings is 1. The van der Waals surface area contributed by atoms with Gasteiger partial charge in [0.15, 0.2) is 5.82 Å². The summed E-state index contributed by atoms with van der Waals surface area (Å²) < 4.78 is 5.44. The van der Waals surface area contributed by atoms with Gasteiger partial charge in [0, 0.05) is 5.92 Å². The van der Waals surface area contributed by atoms with Crippen LogP contribution in [-0.2, 0) is 6.42 Å². The number of nitrogens with zero attached hydrogens (tertiary/aromatic N) is 2. The van der Waals surface area contributed by atoms with E-state index in [0.717, 1.165) is 34.8 Å². The number of nitrogens with two attached hydrogens (primary N) is 1. The third kappa shape index (κ3) is 1.96. The van der Waals surface area contributed by atoms with Crippen molar-refractivity contribution in [2.75, 3.05) is 5.73 Å². The summed E-state index contributed by atoms with van der Waals surface area (Å²) in [4.78, 5) is 5.46. The predicted molar refractivity (Wildman–Crippen MR) is 83.4 cm³/mol. The molecule has 2 N–H and O–H groups in total. The molecule has 4 rings (SSSR count). The Bertz CT molecular complexity index is 805. The van der Waals surface area contributed by atoms with Crippen LogP contribution < -0.4 is 5.73 Å². The van der Waals surface area contributed by atoms with Gasteiger partial charge in [0.2, 0.25) is 0 Å². The highest BCUT2D eigenvalue weighted by Crippen LogP contribution is 2.39. The SMILES string of the molecule is Cc1csc(-c2nc(C3CCc4ccccc43)no2)c1N. The maximum absolute atomic E-state index is 6.06. The molecule has 0 fully saturated rings. The van der Waals surface area contributed by atoms with Crippen molar-refractivity contribution in [1.82, 2.24) is 10.1 Å². The third-order valence-electron chi connectivity index (χ3n) is 4.10. The fourth-order valence-electron chi connectivity index (χ4n) is 2.91. The second-order valence-corrected chi connectivity index (χ2v) is 6.29. The van der Waals surface area contributed by atoms with Crippen molar-refractivity contribution in [2.45, 2.75) is 25.7 Å². The molecule has 0 spiro atoms. The van der Waals surface area contributed by atoms with Crippen molar-refractivity contribution >= 4 is 17.0 Å². The molecular weight excluding hydrogens is 282 g/mol. The summed E-state index contributed by atoms with van der Waals surface area (Å²) in [6.45, 7) is 1.99. The standard InChI is InChI=1S/C16H15N3OS/c1-9-8-21-14(13(9)17)16-18-15(19-20-16)12-7-6-10-4-2-3-5-11(10)12/h2-5,8,12H,6-7,17H2,1H3. The van der Waals surface area contributed by atoms with Gasteiger partial charge in [-0.2, -0.15) is 4.98 Å². The molecule has 1 unspecified atom stereocenters. The molecule has 0 radical (unpaired) electrons. The van der Waals surface area contributed by atoms with Crippen molar-refractivity contribution in [3.05, 3.63) is 52.2 Å². The minimum atomic E-state index is 0.237. The molecular formula is C16H15N3OS. The molecule has 1 atom stereocenters. The topological polar surface area (TPSA) is 64.9 Å². The van der Waals surface area contributed by atoms with Crippen LogP contribution in [0.25, 0.3) is 10.8 Å². The third-order valence-corrected chi connectivity index (χ3v) is 5.21. The van der Waals surface area contributed by atoms with Gasteiger partial charge < -0.3 is 10.3 Å². The van der Waals surface area contributed by atoms with Gasteiger partial charge in [-0.25, -0.2) is 0 Å². The van der Waals surface area contributed by atoms with E-state index in [1.165, 1.54) is 11.1 Å². The zero-order valence-corrected chi connectivity index (χ0v) is 12.5. The van der Waals surface area contributed by atoms with Gasteiger partial charge >= 0.3 is 0 Å². The summed E-state index contributed by atoms with van der Waals surface area (Å²) in [5.41, 5.74) is 10.6. The van der Waals surface area contributed by atoms with E-state index in [4.69, 9.17) is 10.3 Å². The molecule has 4 nitrogen and oxygen atoms in total. The monoisotopic (exact) mass is 297 g/mol. The summed E-state index contributed by atoms with van der Waals surface area (Å²) in [5, 5.41) is 6.20. The molecule has 0 aliphatic heterocycles. The number of nitrogen functional groups attached to an aromatic ring is 1. The predicted octanol–water partition coefficient (Wildman–Crippen LogP) is 3.77. The lowest BCUT2D eigenvalue weighted by Crippen LogP contribution is -1.98. The van der Waals surface area contributed by atoms with Gasteiger partial charge in [-0.3, -0.25) is 0 Å². The summed E-state index contributed by atoms with van der Waals surface area (Å²) in [7, 11) is 0. The molecule has 106 valence electrons. The zero-order valence-electron chi connectivity index (χ0n) is 11.7. The zero-order chi connectivity index (χ0) is 14.4. The van der Waals surface area contributed by atoms with Crippen molar-refractivity contribution in [2.24, 2.45) is 0 Å². The Balaban J connectivity index is 1.71. The fraction of sp³-hybridized carbons (Fsp3) is 0.250. The lowest BCUT2D eigenvalue weighted by molar-refractivity contribution is 0.420. The number of anilines is 1. The van der Waals surface area contributed by atoms with E-state index in [9.17, 15) is 0 Å². The molecule has 2 heterocycles. The number of hydrogen-bond acceptors (Lipinski definition) is 5. The average Bonchev–Trinajstić information content (AvgIpc) is 3.19. The van der Waals surface area contributed by atoms with E-state index in [1.54, 1.807) is 11.3 Å². The number of thiophene rings is 1. The lowest BCUT2D eigenvalue weighted by atomic mass is 10.0. The van der Waals surface area contributed by atoms with Crippen LogP contribution in [0.1, 0.15) is 34.9 Å². The summed E-state index contributed by atoms with van der Waals surface area (Å²) in [6, 6.07) is 8.49. The van der Waals surface area contributed by atoms with Gasteiger partial charge in [0.05, 0.1) is 5.69 Å². The fourth-order valence-corrected chi connectivity index (χ4v) is 3.81. The summed E-state index contributed by atoms with van der Waals surface area (Å²) in [5.74, 6) is 1.53. The minimum absolute atomic E-state index is 0.237. The van der Waals surface area contributed by atoms with Crippen LogP contribution in [0.5, 0.6) is 0 Å². The number of fused-ring (bicyclic) bond motifs is 1. The van der Waals surface area contributed by atoms with Crippen LogP contribution >= 0.6 is 11.3 Å². The molecule has 0 amide bonds. The van der Waals surface area contributed by atoms with E-state index in [0.29, 0.717) is 5.89 Å². The molecule has 1 aromatic carbocycles. The van der Waals surface area contributed by atoms with Gasteiger partial charge in [-0.05, 0) is 41.8 Å². The molecule has 1 aliphatic carbocycles. The smallest absolute Gasteiger partial charge is 0.270 e.